The molecule has 1 heterocycles. The maximum atomic E-state index is 12.3. The van der Waals surface area contributed by atoms with Crippen LogP contribution in [0.15, 0.2) is 54.2 Å². The van der Waals surface area contributed by atoms with Crippen LogP contribution in [0.1, 0.15) is 16.7 Å². The number of amides is 1. The topological polar surface area (TPSA) is 32.3 Å². The molecule has 2 aromatic rings. The molecule has 0 bridgehead atoms. The van der Waals surface area contributed by atoms with Crippen molar-refractivity contribution in [3.63, 3.8) is 0 Å². The second-order valence-electron chi connectivity index (χ2n) is 5.80. The number of hydrogen-bond acceptors (Lipinski definition) is 2. The van der Waals surface area contributed by atoms with E-state index in [-0.39, 0.29) is 5.91 Å². The van der Waals surface area contributed by atoms with Gasteiger partial charge in [0, 0.05) is 23.1 Å². The van der Waals surface area contributed by atoms with Gasteiger partial charge in [-0.2, -0.15) is 0 Å². The van der Waals surface area contributed by atoms with Crippen LogP contribution in [0.3, 0.4) is 0 Å². The Kier molecular flexibility index (Phi) is 3.72. The van der Waals surface area contributed by atoms with E-state index in [0.29, 0.717) is 6.54 Å². The van der Waals surface area contributed by atoms with E-state index >= 15 is 0 Å². The molecule has 1 aliphatic heterocycles. The van der Waals surface area contributed by atoms with Gasteiger partial charge >= 0.3 is 0 Å². The highest BCUT2D eigenvalue weighted by Crippen LogP contribution is 2.25. The van der Waals surface area contributed by atoms with Gasteiger partial charge in [-0.25, -0.2) is 0 Å². The van der Waals surface area contributed by atoms with Crippen molar-refractivity contribution in [2.75, 3.05) is 16.8 Å². The van der Waals surface area contributed by atoms with Crippen molar-refractivity contribution in [1.82, 2.24) is 0 Å². The predicted molar refractivity (Wildman–Crippen MR) is 91.2 cm³/mol. The lowest BCUT2D eigenvalue weighted by molar-refractivity contribution is -0.113. The summed E-state index contributed by atoms with van der Waals surface area (Å²) < 4.78 is 0. The van der Waals surface area contributed by atoms with Crippen LogP contribution in [0.25, 0.3) is 0 Å². The van der Waals surface area contributed by atoms with Crippen molar-refractivity contribution in [3.8, 4) is 0 Å². The van der Waals surface area contributed by atoms with Crippen molar-refractivity contribution < 1.29 is 4.79 Å². The van der Waals surface area contributed by atoms with Crippen molar-refractivity contribution in [1.29, 1.82) is 0 Å². The summed E-state index contributed by atoms with van der Waals surface area (Å²) in [6.07, 6.45) is 1.68. The Morgan fingerprint density at radius 3 is 2.45 bits per heavy atom. The van der Waals surface area contributed by atoms with E-state index in [4.69, 9.17) is 0 Å². The monoisotopic (exact) mass is 292 g/mol. The van der Waals surface area contributed by atoms with Gasteiger partial charge in [-0.3, -0.25) is 4.79 Å². The summed E-state index contributed by atoms with van der Waals surface area (Å²) in [4.78, 5) is 14.1. The Morgan fingerprint density at radius 2 is 1.73 bits per heavy atom. The highest BCUT2D eigenvalue weighted by Gasteiger charge is 2.23. The number of carbonyl (C=O) groups is 1. The molecule has 3 nitrogen and oxygen atoms in total. The summed E-state index contributed by atoms with van der Waals surface area (Å²) in [6, 6.07) is 14.2. The minimum atomic E-state index is 0.0284. The van der Waals surface area contributed by atoms with Crippen LogP contribution in [0, 0.1) is 20.8 Å². The van der Waals surface area contributed by atoms with Crippen molar-refractivity contribution in [3.05, 3.63) is 70.9 Å². The third-order valence-corrected chi connectivity index (χ3v) is 4.11. The zero-order valence-corrected chi connectivity index (χ0v) is 13.2. The minimum Gasteiger partial charge on any atom is -0.357 e. The number of para-hydroxylation sites is 1. The van der Waals surface area contributed by atoms with Crippen LogP contribution in [0.5, 0.6) is 0 Å². The molecule has 0 aliphatic carbocycles. The first-order valence-corrected chi connectivity index (χ1v) is 7.46. The first-order valence-electron chi connectivity index (χ1n) is 7.46. The Balaban J connectivity index is 1.78. The summed E-state index contributed by atoms with van der Waals surface area (Å²) in [6.45, 7) is 6.79. The molecule has 1 amide bonds. The van der Waals surface area contributed by atoms with E-state index in [1.165, 1.54) is 11.1 Å². The molecule has 112 valence electrons. The fourth-order valence-electron chi connectivity index (χ4n) is 2.67. The quantitative estimate of drug-likeness (QED) is 0.929. The lowest BCUT2D eigenvalue weighted by atomic mass is 10.1. The average Bonchev–Trinajstić information content (AvgIpc) is 2.84. The molecule has 0 saturated heterocycles. The van der Waals surface area contributed by atoms with Crippen LogP contribution >= 0.6 is 0 Å². The number of rotatable bonds is 3. The summed E-state index contributed by atoms with van der Waals surface area (Å²) in [5.74, 6) is 0.0284. The van der Waals surface area contributed by atoms with Crippen molar-refractivity contribution in [2.24, 2.45) is 0 Å². The van der Waals surface area contributed by atoms with Crippen LogP contribution in [-0.4, -0.2) is 12.5 Å². The normalized spacial score (nSPS) is 14.2. The summed E-state index contributed by atoms with van der Waals surface area (Å²) in [5, 5.41) is 3.36. The molecular weight excluding hydrogens is 272 g/mol. The van der Waals surface area contributed by atoms with Gasteiger partial charge < -0.3 is 10.2 Å². The molecule has 2 aromatic carbocycles. The standard InChI is InChI=1S/C19H20N2O/c1-13-8-9-16(10-15(13)3)20-17-11-19(22)21(12-17)18-7-5-4-6-14(18)2/h4-11,20H,12H2,1-3H3. The fourth-order valence-corrected chi connectivity index (χ4v) is 2.67. The van der Waals surface area contributed by atoms with E-state index in [1.807, 2.05) is 37.3 Å². The lowest BCUT2D eigenvalue weighted by Crippen LogP contribution is -2.26. The van der Waals surface area contributed by atoms with E-state index < -0.39 is 0 Å². The number of aryl methyl sites for hydroxylation is 3. The minimum absolute atomic E-state index is 0.0284. The van der Waals surface area contributed by atoms with Gasteiger partial charge in [0.1, 0.15) is 0 Å². The molecule has 0 unspecified atom stereocenters. The zero-order chi connectivity index (χ0) is 15.7. The largest absolute Gasteiger partial charge is 0.357 e. The first kappa shape index (κ1) is 14.4. The summed E-state index contributed by atoms with van der Waals surface area (Å²) >= 11 is 0. The first-order chi connectivity index (χ1) is 10.5. The molecule has 0 spiro atoms. The van der Waals surface area contributed by atoms with Crippen molar-refractivity contribution >= 4 is 17.3 Å². The van der Waals surface area contributed by atoms with E-state index in [9.17, 15) is 4.79 Å². The molecule has 22 heavy (non-hydrogen) atoms. The molecule has 0 fully saturated rings. The smallest absolute Gasteiger partial charge is 0.253 e. The molecule has 3 heteroatoms. The SMILES string of the molecule is Cc1ccc(NC2=CC(=O)N(c3ccccc3C)C2)cc1C. The molecular formula is C19H20N2O. The maximum Gasteiger partial charge on any atom is 0.253 e. The second-order valence-corrected chi connectivity index (χ2v) is 5.80. The van der Waals surface area contributed by atoms with Crippen LogP contribution in [-0.2, 0) is 4.79 Å². The third kappa shape index (κ3) is 2.75. The molecule has 0 saturated carbocycles. The zero-order valence-electron chi connectivity index (χ0n) is 13.2. The highest BCUT2D eigenvalue weighted by atomic mass is 16.2. The molecule has 3 rings (SSSR count). The Labute approximate surface area is 131 Å². The third-order valence-electron chi connectivity index (χ3n) is 4.11. The van der Waals surface area contributed by atoms with Gasteiger partial charge in [-0.05, 0) is 55.7 Å². The molecule has 1 N–H and O–H groups in total. The van der Waals surface area contributed by atoms with Crippen LogP contribution < -0.4 is 10.2 Å². The molecule has 0 atom stereocenters. The fraction of sp³-hybridized carbons (Fsp3) is 0.211. The highest BCUT2D eigenvalue weighted by molar-refractivity contribution is 6.05. The lowest BCUT2D eigenvalue weighted by Gasteiger charge is -2.19. The number of benzene rings is 2. The van der Waals surface area contributed by atoms with Gasteiger partial charge in [-0.1, -0.05) is 24.3 Å². The van der Waals surface area contributed by atoms with Gasteiger partial charge in [0.15, 0.2) is 0 Å². The Bertz CT molecular complexity index is 762. The van der Waals surface area contributed by atoms with E-state index in [1.54, 1.807) is 11.0 Å². The van der Waals surface area contributed by atoms with Crippen molar-refractivity contribution in [2.45, 2.75) is 20.8 Å². The predicted octanol–water partition coefficient (Wildman–Crippen LogP) is 3.95. The molecule has 1 aliphatic rings. The Hall–Kier alpha value is -2.55. The number of nitrogens with one attached hydrogen (secondary N) is 1. The van der Waals surface area contributed by atoms with E-state index in [2.05, 4.69) is 31.3 Å². The van der Waals surface area contributed by atoms with E-state index in [0.717, 1.165) is 22.6 Å². The maximum absolute atomic E-state index is 12.3. The Morgan fingerprint density at radius 1 is 0.955 bits per heavy atom. The molecule has 0 aromatic heterocycles. The van der Waals surface area contributed by atoms with Gasteiger partial charge in [0.25, 0.3) is 5.91 Å². The average molecular weight is 292 g/mol. The number of hydrogen-bond donors (Lipinski definition) is 1. The van der Waals surface area contributed by atoms with Gasteiger partial charge in [0.2, 0.25) is 0 Å². The van der Waals surface area contributed by atoms with Gasteiger partial charge in [-0.15, -0.1) is 0 Å². The van der Waals surface area contributed by atoms with Crippen LogP contribution in [0.4, 0.5) is 11.4 Å². The van der Waals surface area contributed by atoms with Crippen LogP contribution in [0.2, 0.25) is 0 Å². The number of nitrogens with zero attached hydrogens (tertiary/aromatic N) is 1. The number of carbonyl (C=O) groups excluding carboxylic acids is 1. The second kappa shape index (κ2) is 5.68. The summed E-state index contributed by atoms with van der Waals surface area (Å²) in [5.41, 5.74) is 6.54. The summed E-state index contributed by atoms with van der Waals surface area (Å²) in [7, 11) is 0. The molecule has 0 radical (unpaired) electrons. The number of anilines is 2. The van der Waals surface area contributed by atoms with Gasteiger partial charge in [0.05, 0.1) is 6.54 Å².